The molecule has 7 heteroatoms. The number of methoxy groups -OCH3 is 1. The van der Waals surface area contributed by atoms with Gasteiger partial charge in [-0.25, -0.2) is 0 Å². The normalized spacial score (nSPS) is 29.0. The number of carbonyl (C=O) groups excluding carboxylic acids is 1. The zero-order valence-electron chi connectivity index (χ0n) is 15.2. The van der Waals surface area contributed by atoms with Crippen molar-refractivity contribution in [3.8, 4) is 0 Å². The second-order valence-corrected chi connectivity index (χ2v) is 7.08. The van der Waals surface area contributed by atoms with Crippen LogP contribution in [-0.4, -0.2) is 70.3 Å². The molecule has 2 aliphatic rings. The summed E-state index contributed by atoms with van der Waals surface area (Å²) in [4.78, 5) is 14.8. The van der Waals surface area contributed by atoms with Gasteiger partial charge in [-0.2, -0.15) is 5.10 Å². The van der Waals surface area contributed by atoms with E-state index in [1.165, 1.54) is 0 Å². The second kappa shape index (κ2) is 7.85. The minimum absolute atomic E-state index is 0.0303. The SMILES string of the molecule is CO[C@@]12CCC(OCCO)CC1N(C(=O)CCn1ccc(C)n1)CC2. The lowest BCUT2D eigenvalue weighted by molar-refractivity contribution is -0.142. The van der Waals surface area contributed by atoms with Crippen molar-refractivity contribution in [2.75, 3.05) is 26.9 Å². The molecule has 3 atom stereocenters. The maximum atomic E-state index is 12.8. The molecule has 0 aromatic carbocycles. The number of likely N-dealkylation sites (tertiary alicyclic amines) is 1. The topological polar surface area (TPSA) is 76.8 Å². The Balaban J connectivity index is 1.63. The van der Waals surface area contributed by atoms with E-state index < -0.39 is 0 Å². The molecule has 2 fully saturated rings. The lowest BCUT2D eigenvalue weighted by Crippen LogP contribution is -2.53. The number of aryl methyl sites for hydroxylation is 2. The molecular formula is C18H29N3O4. The Kier molecular flexibility index (Phi) is 5.76. The number of nitrogens with zero attached hydrogens (tertiary/aromatic N) is 3. The summed E-state index contributed by atoms with van der Waals surface area (Å²) in [6.07, 6.45) is 5.91. The summed E-state index contributed by atoms with van der Waals surface area (Å²) >= 11 is 0. The van der Waals surface area contributed by atoms with Crippen LogP contribution >= 0.6 is 0 Å². The highest BCUT2D eigenvalue weighted by molar-refractivity contribution is 5.77. The first-order valence-electron chi connectivity index (χ1n) is 9.15. The summed E-state index contributed by atoms with van der Waals surface area (Å²) < 4.78 is 13.4. The number of ether oxygens (including phenoxy) is 2. The van der Waals surface area contributed by atoms with Gasteiger partial charge in [0.2, 0.25) is 5.91 Å². The fourth-order valence-electron chi connectivity index (χ4n) is 4.27. The van der Waals surface area contributed by atoms with Gasteiger partial charge in [-0.05, 0) is 38.7 Å². The third-order valence-corrected chi connectivity index (χ3v) is 5.64. The Hall–Kier alpha value is -1.44. The van der Waals surface area contributed by atoms with Crippen molar-refractivity contribution >= 4 is 5.91 Å². The third-order valence-electron chi connectivity index (χ3n) is 5.64. The molecule has 0 radical (unpaired) electrons. The first kappa shape index (κ1) is 18.4. The number of rotatable bonds is 7. The second-order valence-electron chi connectivity index (χ2n) is 7.08. The van der Waals surface area contributed by atoms with Crippen molar-refractivity contribution in [2.45, 2.75) is 63.3 Å². The van der Waals surface area contributed by atoms with Crippen molar-refractivity contribution in [3.63, 3.8) is 0 Å². The summed E-state index contributed by atoms with van der Waals surface area (Å²) in [6, 6.07) is 2.00. The number of carbonyl (C=O) groups is 1. The van der Waals surface area contributed by atoms with Crippen molar-refractivity contribution in [1.29, 1.82) is 0 Å². The van der Waals surface area contributed by atoms with Crippen LogP contribution < -0.4 is 0 Å². The number of aromatic nitrogens is 2. The van der Waals surface area contributed by atoms with E-state index in [1.54, 1.807) is 7.11 Å². The summed E-state index contributed by atoms with van der Waals surface area (Å²) in [6.45, 7) is 3.66. The van der Waals surface area contributed by atoms with Gasteiger partial charge in [0.25, 0.3) is 0 Å². The molecule has 1 saturated heterocycles. The van der Waals surface area contributed by atoms with E-state index in [4.69, 9.17) is 14.6 Å². The summed E-state index contributed by atoms with van der Waals surface area (Å²) in [5, 5.41) is 13.3. The number of fused-ring (bicyclic) bond motifs is 1. The zero-order chi connectivity index (χ0) is 17.9. The summed E-state index contributed by atoms with van der Waals surface area (Å²) in [5.41, 5.74) is 0.722. The summed E-state index contributed by atoms with van der Waals surface area (Å²) in [5.74, 6) is 0.153. The largest absolute Gasteiger partial charge is 0.394 e. The first-order chi connectivity index (χ1) is 12.1. The highest BCUT2D eigenvalue weighted by atomic mass is 16.5. The standard InChI is InChI=1S/C18H29N3O4/c1-14-4-8-20(19-14)9-5-17(23)21-10-7-18(24-2)6-3-15(13-16(18)21)25-12-11-22/h4,8,15-16,22H,3,5-7,9-13H2,1-2H3/t15?,16?,18-/m1/s1. The van der Waals surface area contributed by atoms with Crippen molar-refractivity contribution in [3.05, 3.63) is 18.0 Å². The lowest BCUT2D eigenvalue weighted by atomic mass is 9.79. The molecule has 25 heavy (non-hydrogen) atoms. The predicted octanol–water partition coefficient (Wildman–Crippen LogP) is 1.13. The molecule has 1 aromatic rings. The average Bonchev–Trinajstić information content (AvgIpc) is 3.21. The van der Waals surface area contributed by atoms with Crippen LogP contribution in [0.2, 0.25) is 0 Å². The molecule has 1 N–H and O–H groups in total. The quantitative estimate of drug-likeness (QED) is 0.797. The monoisotopic (exact) mass is 351 g/mol. The van der Waals surface area contributed by atoms with Crippen LogP contribution in [0.1, 0.15) is 37.8 Å². The average molecular weight is 351 g/mol. The van der Waals surface area contributed by atoms with Gasteiger partial charge in [0.1, 0.15) is 0 Å². The molecule has 2 heterocycles. The molecule has 0 spiro atoms. The van der Waals surface area contributed by atoms with E-state index in [0.717, 1.165) is 37.9 Å². The number of aliphatic hydroxyl groups excluding tert-OH is 1. The molecule has 1 aliphatic heterocycles. The Bertz CT molecular complexity index is 591. The zero-order valence-corrected chi connectivity index (χ0v) is 15.2. The molecule has 2 unspecified atom stereocenters. The molecule has 7 nitrogen and oxygen atoms in total. The highest BCUT2D eigenvalue weighted by Crippen LogP contribution is 2.43. The van der Waals surface area contributed by atoms with Crippen LogP contribution in [0.25, 0.3) is 0 Å². The Morgan fingerprint density at radius 3 is 3.00 bits per heavy atom. The molecule has 1 aliphatic carbocycles. The van der Waals surface area contributed by atoms with E-state index in [2.05, 4.69) is 5.10 Å². The van der Waals surface area contributed by atoms with Crippen LogP contribution in [0, 0.1) is 6.92 Å². The number of hydrogen-bond donors (Lipinski definition) is 1. The van der Waals surface area contributed by atoms with Crippen molar-refractivity contribution in [1.82, 2.24) is 14.7 Å². The number of amides is 1. The van der Waals surface area contributed by atoms with Gasteiger partial charge in [0.05, 0.1) is 36.7 Å². The first-order valence-corrected chi connectivity index (χ1v) is 9.15. The van der Waals surface area contributed by atoms with Gasteiger partial charge >= 0.3 is 0 Å². The van der Waals surface area contributed by atoms with E-state index in [-0.39, 0.29) is 30.3 Å². The summed E-state index contributed by atoms with van der Waals surface area (Å²) in [7, 11) is 1.75. The Morgan fingerprint density at radius 2 is 2.32 bits per heavy atom. The minimum Gasteiger partial charge on any atom is -0.394 e. The molecule has 1 aromatic heterocycles. The minimum atomic E-state index is -0.239. The van der Waals surface area contributed by atoms with Gasteiger partial charge < -0.3 is 19.5 Å². The third kappa shape index (κ3) is 3.88. The Morgan fingerprint density at radius 1 is 1.48 bits per heavy atom. The van der Waals surface area contributed by atoms with Crippen molar-refractivity contribution in [2.24, 2.45) is 0 Å². The van der Waals surface area contributed by atoms with Crippen LogP contribution in [0.5, 0.6) is 0 Å². The molecule has 3 rings (SSSR count). The van der Waals surface area contributed by atoms with E-state index in [1.807, 2.05) is 28.8 Å². The maximum absolute atomic E-state index is 12.8. The molecule has 1 saturated carbocycles. The maximum Gasteiger partial charge on any atom is 0.224 e. The van der Waals surface area contributed by atoms with E-state index in [9.17, 15) is 4.79 Å². The van der Waals surface area contributed by atoms with Gasteiger partial charge in [-0.3, -0.25) is 9.48 Å². The highest BCUT2D eigenvalue weighted by Gasteiger charge is 2.52. The van der Waals surface area contributed by atoms with E-state index in [0.29, 0.717) is 19.6 Å². The van der Waals surface area contributed by atoms with Gasteiger partial charge in [0, 0.05) is 32.8 Å². The number of hydrogen-bond acceptors (Lipinski definition) is 5. The van der Waals surface area contributed by atoms with Crippen LogP contribution in [0.3, 0.4) is 0 Å². The molecule has 1 amide bonds. The molecule has 0 bridgehead atoms. The molecular weight excluding hydrogens is 322 g/mol. The van der Waals surface area contributed by atoms with Gasteiger partial charge in [-0.1, -0.05) is 0 Å². The fourth-order valence-corrected chi connectivity index (χ4v) is 4.27. The van der Waals surface area contributed by atoms with E-state index >= 15 is 0 Å². The van der Waals surface area contributed by atoms with Crippen LogP contribution in [0.4, 0.5) is 0 Å². The molecule has 140 valence electrons. The Labute approximate surface area is 148 Å². The van der Waals surface area contributed by atoms with Gasteiger partial charge in [-0.15, -0.1) is 0 Å². The van der Waals surface area contributed by atoms with Gasteiger partial charge in [0.15, 0.2) is 0 Å². The smallest absolute Gasteiger partial charge is 0.224 e. The predicted molar refractivity (Wildman–Crippen MR) is 92.1 cm³/mol. The van der Waals surface area contributed by atoms with Crippen molar-refractivity contribution < 1.29 is 19.4 Å². The lowest BCUT2D eigenvalue weighted by Gasteiger charge is -2.43. The van der Waals surface area contributed by atoms with Crippen LogP contribution in [0.15, 0.2) is 12.3 Å². The number of aliphatic hydroxyl groups is 1. The van der Waals surface area contributed by atoms with Crippen LogP contribution in [-0.2, 0) is 20.8 Å². The fraction of sp³-hybridized carbons (Fsp3) is 0.778.